The minimum absolute atomic E-state index is 0.0478. The van der Waals surface area contributed by atoms with Crippen LogP contribution in [0.3, 0.4) is 0 Å². The number of anilines is 1. The molecule has 0 bridgehead atoms. The highest BCUT2D eigenvalue weighted by atomic mass is 16.1. The minimum atomic E-state index is -0.0478. The summed E-state index contributed by atoms with van der Waals surface area (Å²) in [7, 11) is 3.87. The van der Waals surface area contributed by atoms with Gasteiger partial charge in [-0.3, -0.25) is 14.7 Å². The molecule has 8 heteroatoms. The first-order valence-electron chi connectivity index (χ1n) is 10.3. The van der Waals surface area contributed by atoms with E-state index >= 15 is 0 Å². The van der Waals surface area contributed by atoms with Gasteiger partial charge in [-0.05, 0) is 50.0 Å². The molecule has 30 heavy (non-hydrogen) atoms. The number of nitrogens with zero attached hydrogens (tertiary/aromatic N) is 7. The van der Waals surface area contributed by atoms with Crippen molar-refractivity contribution in [2.75, 3.05) is 32.1 Å². The Morgan fingerprint density at radius 3 is 2.40 bits per heavy atom. The zero-order valence-corrected chi connectivity index (χ0v) is 17.5. The number of piperidine rings is 1. The van der Waals surface area contributed by atoms with Gasteiger partial charge in [0.05, 0.1) is 5.69 Å². The Balaban J connectivity index is 1.34. The molecule has 0 radical (unpaired) electrons. The largest absolute Gasteiger partial charge is 0.347 e. The number of pyridine rings is 1. The fourth-order valence-electron chi connectivity index (χ4n) is 3.75. The predicted molar refractivity (Wildman–Crippen MR) is 116 cm³/mol. The van der Waals surface area contributed by atoms with Crippen LogP contribution in [-0.2, 0) is 13.1 Å². The molecule has 4 heterocycles. The van der Waals surface area contributed by atoms with E-state index in [1.54, 1.807) is 29.2 Å². The Labute approximate surface area is 176 Å². The predicted octanol–water partition coefficient (Wildman–Crippen LogP) is 2.07. The standard InChI is InChI=1S/C22H27N7O/c1-27(2)22-24-13-18(14-25-22)15-28-11-7-17(8-12-28)16-29-21(30)4-3-20(26-29)19-5-9-23-10-6-19/h3-6,9-10,13-14,17H,7-8,11-12,15-16H2,1-2H3. The van der Waals surface area contributed by atoms with Crippen molar-refractivity contribution in [1.82, 2.24) is 29.6 Å². The Morgan fingerprint density at radius 1 is 1.03 bits per heavy atom. The van der Waals surface area contributed by atoms with Crippen molar-refractivity contribution in [3.63, 3.8) is 0 Å². The number of rotatable bonds is 6. The van der Waals surface area contributed by atoms with E-state index < -0.39 is 0 Å². The highest BCUT2D eigenvalue weighted by molar-refractivity contribution is 5.56. The molecule has 1 saturated heterocycles. The fraction of sp³-hybridized carbons (Fsp3) is 0.409. The summed E-state index contributed by atoms with van der Waals surface area (Å²) in [6, 6.07) is 7.20. The Morgan fingerprint density at radius 2 is 1.73 bits per heavy atom. The summed E-state index contributed by atoms with van der Waals surface area (Å²) < 4.78 is 1.61. The molecule has 0 aliphatic carbocycles. The molecule has 3 aromatic heterocycles. The molecular weight excluding hydrogens is 378 g/mol. The van der Waals surface area contributed by atoms with Crippen molar-refractivity contribution in [1.29, 1.82) is 0 Å². The molecule has 156 valence electrons. The van der Waals surface area contributed by atoms with E-state index in [1.165, 1.54) is 0 Å². The Bertz CT molecular complexity index is 1010. The second-order valence-corrected chi connectivity index (χ2v) is 7.98. The summed E-state index contributed by atoms with van der Waals surface area (Å²) in [5, 5.41) is 4.59. The molecular formula is C22H27N7O. The molecule has 0 amide bonds. The van der Waals surface area contributed by atoms with E-state index in [2.05, 4.69) is 25.0 Å². The maximum absolute atomic E-state index is 12.3. The van der Waals surface area contributed by atoms with Crippen LogP contribution in [0.15, 0.2) is 53.8 Å². The van der Waals surface area contributed by atoms with E-state index in [0.717, 1.165) is 55.2 Å². The summed E-state index contributed by atoms with van der Waals surface area (Å²) in [6.45, 7) is 3.51. The van der Waals surface area contributed by atoms with E-state index in [0.29, 0.717) is 12.5 Å². The Kier molecular flexibility index (Phi) is 6.13. The van der Waals surface area contributed by atoms with Gasteiger partial charge in [0, 0.05) is 69.2 Å². The number of hydrogen-bond acceptors (Lipinski definition) is 7. The first-order chi connectivity index (χ1) is 14.6. The van der Waals surface area contributed by atoms with Gasteiger partial charge >= 0.3 is 0 Å². The lowest BCUT2D eigenvalue weighted by Crippen LogP contribution is -2.36. The van der Waals surface area contributed by atoms with Gasteiger partial charge in [-0.1, -0.05) is 0 Å². The van der Waals surface area contributed by atoms with Crippen LogP contribution in [0.25, 0.3) is 11.3 Å². The van der Waals surface area contributed by atoms with Gasteiger partial charge in [0.1, 0.15) is 0 Å². The van der Waals surface area contributed by atoms with Crippen molar-refractivity contribution >= 4 is 5.95 Å². The number of aromatic nitrogens is 5. The van der Waals surface area contributed by atoms with Crippen LogP contribution in [-0.4, -0.2) is 56.8 Å². The van der Waals surface area contributed by atoms with Gasteiger partial charge in [-0.15, -0.1) is 0 Å². The first kappa shape index (κ1) is 20.2. The van der Waals surface area contributed by atoms with E-state index in [-0.39, 0.29) is 5.56 Å². The van der Waals surface area contributed by atoms with E-state index in [9.17, 15) is 4.79 Å². The smallest absolute Gasteiger partial charge is 0.266 e. The Hall–Kier alpha value is -3.13. The van der Waals surface area contributed by atoms with Crippen molar-refractivity contribution in [2.45, 2.75) is 25.9 Å². The molecule has 0 N–H and O–H groups in total. The molecule has 1 fully saturated rings. The molecule has 3 aromatic rings. The van der Waals surface area contributed by atoms with Crippen LogP contribution < -0.4 is 10.5 Å². The average molecular weight is 406 g/mol. The topological polar surface area (TPSA) is 80.0 Å². The van der Waals surface area contributed by atoms with Crippen molar-refractivity contribution in [2.24, 2.45) is 5.92 Å². The lowest BCUT2D eigenvalue weighted by Gasteiger charge is -2.31. The van der Waals surface area contributed by atoms with Gasteiger partial charge in [0.15, 0.2) is 0 Å². The normalized spacial score (nSPS) is 15.3. The summed E-state index contributed by atoms with van der Waals surface area (Å²) in [6.07, 6.45) is 9.38. The van der Waals surface area contributed by atoms with Gasteiger partial charge < -0.3 is 4.90 Å². The first-order valence-corrected chi connectivity index (χ1v) is 10.3. The van der Waals surface area contributed by atoms with Crippen LogP contribution in [0.4, 0.5) is 5.95 Å². The third kappa shape index (κ3) is 4.88. The highest BCUT2D eigenvalue weighted by Crippen LogP contribution is 2.21. The van der Waals surface area contributed by atoms with Gasteiger partial charge in [-0.25, -0.2) is 14.6 Å². The van der Waals surface area contributed by atoms with Crippen molar-refractivity contribution in [3.05, 3.63) is 65.0 Å². The number of likely N-dealkylation sites (tertiary alicyclic amines) is 1. The quantitative estimate of drug-likeness (QED) is 0.621. The van der Waals surface area contributed by atoms with Crippen LogP contribution in [0.5, 0.6) is 0 Å². The number of hydrogen-bond donors (Lipinski definition) is 0. The molecule has 0 saturated carbocycles. The maximum atomic E-state index is 12.3. The second kappa shape index (κ2) is 9.13. The van der Waals surface area contributed by atoms with Crippen LogP contribution in [0, 0.1) is 5.92 Å². The van der Waals surface area contributed by atoms with Gasteiger partial charge in [0.2, 0.25) is 5.95 Å². The van der Waals surface area contributed by atoms with Gasteiger partial charge in [0.25, 0.3) is 5.56 Å². The zero-order valence-electron chi connectivity index (χ0n) is 17.5. The fourth-order valence-corrected chi connectivity index (χ4v) is 3.75. The van der Waals surface area contributed by atoms with Crippen LogP contribution in [0.2, 0.25) is 0 Å². The van der Waals surface area contributed by atoms with Crippen LogP contribution in [0.1, 0.15) is 18.4 Å². The molecule has 0 atom stereocenters. The molecule has 0 aromatic carbocycles. The monoisotopic (exact) mass is 405 g/mol. The van der Waals surface area contributed by atoms with Gasteiger partial charge in [-0.2, -0.15) is 5.10 Å². The highest BCUT2D eigenvalue weighted by Gasteiger charge is 2.21. The summed E-state index contributed by atoms with van der Waals surface area (Å²) >= 11 is 0. The summed E-state index contributed by atoms with van der Waals surface area (Å²) in [5.74, 6) is 1.18. The summed E-state index contributed by atoms with van der Waals surface area (Å²) in [5.41, 5.74) is 2.85. The molecule has 1 aliphatic heterocycles. The lowest BCUT2D eigenvalue weighted by molar-refractivity contribution is 0.163. The molecule has 0 spiro atoms. The van der Waals surface area contributed by atoms with Crippen LogP contribution >= 0.6 is 0 Å². The second-order valence-electron chi connectivity index (χ2n) is 7.98. The maximum Gasteiger partial charge on any atom is 0.266 e. The lowest BCUT2D eigenvalue weighted by atomic mass is 9.96. The van der Waals surface area contributed by atoms with Crippen molar-refractivity contribution < 1.29 is 0 Å². The SMILES string of the molecule is CN(C)c1ncc(CN2CCC(Cn3nc(-c4ccncc4)ccc3=O)CC2)cn1. The molecule has 4 rings (SSSR count). The zero-order chi connectivity index (χ0) is 20.9. The average Bonchev–Trinajstić information content (AvgIpc) is 2.77. The van der Waals surface area contributed by atoms with E-state index in [4.69, 9.17) is 0 Å². The summed E-state index contributed by atoms with van der Waals surface area (Å²) in [4.78, 5) is 29.5. The minimum Gasteiger partial charge on any atom is -0.347 e. The molecule has 8 nitrogen and oxygen atoms in total. The van der Waals surface area contributed by atoms with E-state index in [1.807, 2.05) is 43.5 Å². The third-order valence-corrected chi connectivity index (χ3v) is 5.48. The third-order valence-electron chi connectivity index (χ3n) is 5.48. The van der Waals surface area contributed by atoms with Crippen molar-refractivity contribution in [3.8, 4) is 11.3 Å². The molecule has 0 unspecified atom stereocenters. The molecule has 1 aliphatic rings.